The molecule has 0 aliphatic heterocycles. The topological polar surface area (TPSA) is 20.2 Å². The Morgan fingerprint density at radius 1 is 1.45 bits per heavy atom. The predicted molar refractivity (Wildman–Crippen MR) is 29.3 cm³/mol. The van der Waals surface area contributed by atoms with E-state index in [1.165, 1.54) is 0 Å². The molecule has 1 rings (SSSR count). The maximum absolute atomic E-state index is 12.4. The van der Waals surface area contributed by atoms with Gasteiger partial charge >= 0.3 is 0 Å². The van der Waals surface area contributed by atoms with Gasteiger partial charge in [-0.25, -0.2) is 17.6 Å². The van der Waals surface area contributed by atoms with Crippen molar-refractivity contribution in [3.05, 3.63) is 23.8 Å². The lowest BCUT2D eigenvalue weighted by Gasteiger charge is -2.21. The average Bonchev–Trinajstić information content (AvgIpc) is 1.95. The van der Waals surface area contributed by atoms with E-state index in [0.29, 0.717) is 12.2 Å². The highest BCUT2D eigenvalue weighted by molar-refractivity contribution is 5.28. The van der Waals surface area contributed by atoms with Crippen molar-refractivity contribution in [2.45, 2.75) is 12.0 Å². The van der Waals surface area contributed by atoms with Crippen molar-refractivity contribution in [2.24, 2.45) is 0 Å². The number of rotatable bonds is 0. The Kier molecular flexibility index (Phi) is 1.75. The van der Waals surface area contributed by atoms with E-state index in [2.05, 4.69) is 0 Å². The van der Waals surface area contributed by atoms with Crippen molar-refractivity contribution in [3.63, 3.8) is 0 Å². The SMILES string of the molecule is OC1(F)C(F)=C(F)C=CC1F. The van der Waals surface area contributed by atoms with Crippen LogP contribution >= 0.6 is 0 Å². The van der Waals surface area contributed by atoms with Gasteiger partial charge in [-0.2, -0.15) is 0 Å². The predicted octanol–water partition coefficient (Wildman–Crippen LogP) is 1.70. The first-order chi connectivity index (χ1) is 4.96. The molecule has 0 spiro atoms. The Bertz CT molecular complexity index is 231. The van der Waals surface area contributed by atoms with Crippen molar-refractivity contribution >= 4 is 0 Å². The second-order valence-corrected chi connectivity index (χ2v) is 2.10. The van der Waals surface area contributed by atoms with Crippen LogP contribution in [0.5, 0.6) is 0 Å². The molecule has 0 bridgehead atoms. The van der Waals surface area contributed by atoms with Crippen LogP contribution in [0.4, 0.5) is 17.6 Å². The van der Waals surface area contributed by atoms with Gasteiger partial charge in [-0.15, -0.1) is 0 Å². The zero-order chi connectivity index (χ0) is 8.65. The minimum absolute atomic E-state index is 0.401. The number of halogens is 4. The third-order valence-corrected chi connectivity index (χ3v) is 1.29. The molecule has 0 radical (unpaired) electrons. The first-order valence-corrected chi connectivity index (χ1v) is 2.75. The molecule has 0 amide bonds. The van der Waals surface area contributed by atoms with E-state index in [1.807, 2.05) is 0 Å². The van der Waals surface area contributed by atoms with Crippen molar-refractivity contribution < 1.29 is 22.7 Å². The van der Waals surface area contributed by atoms with E-state index in [4.69, 9.17) is 5.11 Å². The quantitative estimate of drug-likeness (QED) is 0.546. The second kappa shape index (κ2) is 2.34. The molecule has 0 saturated heterocycles. The van der Waals surface area contributed by atoms with Crippen LogP contribution in [0, 0.1) is 0 Å². The molecule has 1 aliphatic carbocycles. The van der Waals surface area contributed by atoms with E-state index < -0.39 is 23.7 Å². The largest absolute Gasteiger partial charge is 0.354 e. The fourth-order valence-corrected chi connectivity index (χ4v) is 0.658. The lowest BCUT2D eigenvalue weighted by Crippen LogP contribution is -2.36. The Balaban J connectivity index is 3.07. The Hall–Kier alpha value is -0.840. The molecular formula is C6H4F4O. The Labute approximate surface area is 59.6 Å². The molecule has 11 heavy (non-hydrogen) atoms. The number of hydrogen-bond donors (Lipinski definition) is 1. The van der Waals surface area contributed by atoms with Crippen molar-refractivity contribution in [1.82, 2.24) is 0 Å². The molecule has 0 aromatic heterocycles. The molecule has 0 aromatic rings. The maximum Gasteiger partial charge on any atom is 0.297 e. The molecule has 0 fully saturated rings. The highest BCUT2D eigenvalue weighted by Crippen LogP contribution is 2.34. The van der Waals surface area contributed by atoms with Gasteiger partial charge in [-0.05, 0) is 12.2 Å². The third-order valence-electron chi connectivity index (χ3n) is 1.29. The summed E-state index contributed by atoms with van der Waals surface area (Å²) in [6.45, 7) is 0. The van der Waals surface area contributed by atoms with Gasteiger partial charge in [0.2, 0.25) is 5.83 Å². The van der Waals surface area contributed by atoms with Gasteiger partial charge in [0, 0.05) is 0 Å². The van der Waals surface area contributed by atoms with E-state index in [0.717, 1.165) is 0 Å². The first kappa shape index (κ1) is 8.26. The first-order valence-electron chi connectivity index (χ1n) is 2.75. The van der Waals surface area contributed by atoms with Crippen LogP contribution in [0.1, 0.15) is 0 Å². The van der Waals surface area contributed by atoms with Crippen molar-refractivity contribution in [3.8, 4) is 0 Å². The van der Waals surface area contributed by atoms with E-state index >= 15 is 0 Å². The van der Waals surface area contributed by atoms with Crippen LogP contribution in [0.2, 0.25) is 0 Å². The summed E-state index contributed by atoms with van der Waals surface area (Å²) >= 11 is 0. The van der Waals surface area contributed by atoms with Crippen LogP contribution in [0.3, 0.4) is 0 Å². The molecule has 1 aliphatic rings. The average molecular weight is 168 g/mol. The second-order valence-electron chi connectivity index (χ2n) is 2.10. The zero-order valence-electron chi connectivity index (χ0n) is 5.19. The van der Waals surface area contributed by atoms with Crippen LogP contribution < -0.4 is 0 Å². The molecule has 2 unspecified atom stereocenters. The molecule has 1 nitrogen and oxygen atoms in total. The van der Waals surface area contributed by atoms with Crippen LogP contribution in [0.15, 0.2) is 23.8 Å². The summed E-state index contributed by atoms with van der Waals surface area (Å²) < 4.78 is 48.9. The van der Waals surface area contributed by atoms with E-state index in [9.17, 15) is 17.6 Å². The van der Waals surface area contributed by atoms with E-state index in [1.54, 1.807) is 0 Å². The maximum atomic E-state index is 12.4. The molecule has 5 heteroatoms. The molecule has 0 saturated carbocycles. The highest BCUT2D eigenvalue weighted by atomic mass is 19.2. The number of aliphatic hydroxyl groups is 1. The van der Waals surface area contributed by atoms with Crippen LogP contribution in [-0.2, 0) is 0 Å². The molecular weight excluding hydrogens is 164 g/mol. The summed E-state index contributed by atoms with van der Waals surface area (Å²) in [5.41, 5.74) is 0. The van der Waals surface area contributed by atoms with Crippen molar-refractivity contribution in [2.75, 3.05) is 0 Å². The minimum atomic E-state index is -3.85. The number of alkyl halides is 2. The Morgan fingerprint density at radius 3 is 2.45 bits per heavy atom. The third kappa shape index (κ3) is 1.16. The van der Waals surface area contributed by atoms with Gasteiger partial charge in [0.15, 0.2) is 12.0 Å². The highest BCUT2D eigenvalue weighted by Gasteiger charge is 2.45. The molecule has 62 valence electrons. The van der Waals surface area contributed by atoms with Crippen LogP contribution in [-0.4, -0.2) is 17.1 Å². The number of hydrogen-bond acceptors (Lipinski definition) is 1. The summed E-state index contributed by atoms with van der Waals surface area (Å²) in [5, 5.41) is 8.32. The smallest absolute Gasteiger partial charge is 0.297 e. The molecule has 0 aromatic carbocycles. The Morgan fingerprint density at radius 2 is 2.00 bits per heavy atom. The lowest BCUT2D eigenvalue weighted by molar-refractivity contribution is -0.114. The van der Waals surface area contributed by atoms with Gasteiger partial charge in [-0.3, -0.25) is 0 Å². The van der Waals surface area contributed by atoms with Gasteiger partial charge < -0.3 is 5.11 Å². The molecule has 2 atom stereocenters. The van der Waals surface area contributed by atoms with Gasteiger partial charge in [0.05, 0.1) is 0 Å². The van der Waals surface area contributed by atoms with Gasteiger partial charge in [0.1, 0.15) is 0 Å². The van der Waals surface area contributed by atoms with Crippen molar-refractivity contribution in [1.29, 1.82) is 0 Å². The molecule has 1 N–H and O–H groups in total. The monoisotopic (exact) mass is 168 g/mol. The van der Waals surface area contributed by atoms with Gasteiger partial charge in [-0.1, -0.05) is 0 Å². The lowest BCUT2D eigenvalue weighted by atomic mass is 10.1. The minimum Gasteiger partial charge on any atom is -0.354 e. The zero-order valence-corrected chi connectivity index (χ0v) is 5.19. The summed E-state index contributed by atoms with van der Waals surface area (Å²) in [4.78, 5) is 0. The summed E-state index contributed by atoms with van der Waals surface area (Å²) in [7, 11) is 0. The summed E-state index contributed by atoms with van der Waals surface area (Å²) in [5.74, 6) is -7.56. The fraction of sp³-hybridized carbons (Fsp3) is 0.333. The van der Waals surface area contributed by atoms with E-state index in [-0.39, 0.29) is 0 Å². The summed E-state index contributed by atoms with van der Waals surface area (Å²) in [6, 6.07) is 0. The van der Waals surface area contributed by atoms with Crippen LogP contribution in [0.25, 0.3) is 0 Å². The number of allylic oxidation sites excluding steroid dienone is 2. The fourth-order valence-electron chi connectivity index (χ4n) is 0.658. The normalized spacial score (nSPS) is 38.1. The van der Waals surface area contributed by atoms with Gasteiger partial charge in [0.25, 0.3) is 5.85 Å². The standard InChI is InChI=1S/C6H4F4O/c7-3-1-2-4(8)6(10,11)5(3)9/h1-2,4,11H. The molecule has 0 heterocycles. The summed E-state index contributed by atoms with van der Waals surface area (Å²) in [6.07, 6.45) is -1.73.